The van der Waals surface area contributed by atoms with Gasteiger partial charge in [-0.25, -0.2) is 9.07 Å². The molecule has 0 radical (unpaired) electrons. The molecule has 0 unspecified atom stereocenters. The van der Waals surface area contributed by atoms with Gasteiger partial charge in [0.25, 0.3) is 5.91 Å². The number of benzene rings is 2. The molecule has 25 heavy (non-hydrogen) atoms. The second-order valence-corrected chi connectivity index (χ2v) is 5.12. The highest BCUT2D eigenvalue weighted by Gasteiger charge is 2.36. The second kappa shape index (κ2) is 6.39. The van der Waals surface area contributed by atoms with Crippen molar-refractivity contribution in [1.82, 2.24) is 9.78 Å². The van der Waals surface area contributed by atoms with Crippen molar-refractivity contribution < 1.29 is 22.4 Å². The highest BCUT2D eigenvalue weighted by atomic mass is 19.4. The van der Waals surface area contributed by atoms with Gasteiger partial charge in [0.2, 0.25) is 0 Å². The molecule has 8 heteroatoms. The number of rotatable bonds is 3. The number of nitrogens with one attached hydrogen (secondary N) is 1. The number of nitrogens with zero attached hydrogens (tertiary/aromatic N) is 2. The number of anilines is 1. The number of amides is 1. The van der Waals surface area contributed by atoms with Gasteiger partial charge in [-0.1, -0.05) is 18.2 Å². The first-order valence-corrected chi connectivity index (χ1v) is 7.14. The molecule has 0 spiro atoms. The van der Waals surface area contributed by atoms with Crippen molar-refractivity contribution in [3.05, 3.63) is 77.9 Å². The fourth-order valence-corrected chi connectivity index (χ4v) is 2.18. The third kappa shape index (κ3) is 3.68. The summed E-state index contributed by atoms with van der Waals surface area (Å²) in [7, 11) is 0. The molecule has 1 N–H and O–H groups in total. The van der Waals surface area contributed by atoms with Gasteiger partial charge in [0.05, 0.1) is 5.69 Å². The molecule has 0 atom stereocenters. The zero-order chi connectivity index (χ0) is 18.0. The van der Waals surface area contributed by atoms with Crippen LogP contribution in [0.2, 0.25) is 0 Å². The topological polar surface area (TPSA) is 46.9 Å². The van der Waals surface area contributed by atoms with E-state index in [0.717, 1.165) is 16.8 Å². The van der Waals surface area contributed by atoms with Gasteiger partial charge in [-0.15, -0.1) is 0 Å². The Kier molecular flexibility index (Phi) is 4.26. The molecule has 0 aliphatic carbocycles. The first-order chi connectivity index (χ1) is 11.8. The van der Waals surface area contributed by atoms with E-state index in [4.69, 9.17) is 0 Å². The highest BCUT2D eigenvalue weighted by Crippen LogP contribution is 2.29. The normalized spacial score (nSPS) is 11.4. The van der Waals surface area contributed by atoms with E-state index >= 15 is 0 Å². The SMILES string of the molecule is O=C(Nc1ccc(F)cc1)c1cc(C(F)(F)F)nn1-c1ccccc1. The quantitative estimate of drug-likeness (QED) is 0.718. The monoisotopic (exact) mass is 349 g/mol. The van der Waals surface area contributed by atoms with Crippen molar-refractivity contribution in [1.29, 1.82) is 0 Å². The van der Waals surface area contributed by atoms with Crippen LogP contribution in [0.4, 0.5) is 23.2 Å². The smallest absolute Gasteiger partial charge is 0.321 e. The van der Waals surface area contributed by atoms with Crippen molar-refractivity contribution in [3.8, 4) is 5.69 Å². The predicted molar refractivity (Wildman–Crippen MR) is 82.9 cm³/mol. The van der Waals surface area contributed by atoms with Crippen LogP contribution in [-0.4, -0.2) is 15.7 Å². The predicted octanol–water partition coefficient (Wildman–Crippen LogP) is 4.28. The lowest BCUT2D eigenvalue weighted by molar-refractivity contribution is -0.141. The van der Waals surface area contributed by atoms with Gasteiger partial charge in [-0.2, -0.15) is 18.3 Å². The average molecular weight is 349 g/mol. The van der Waals surface area contributed by atoms with E-state index in [0.29, 0.717) is 11.8 Å². The molecule has 4 nitrogen and oxygen atoms in total. The Labute approximate surface area is 139 Å². The lowest BCUT2D eigenvalue weighted by Crippen LogP contribution is -2.16. The van der Waals surface area contributed by atoms with E-state index in [-0.39, 0.29) is 11.4 Å². The Hall–Kier alpha value is -3.16. The number of alkyl halides is 3. The summed E-state index contributed by atoms with van der Waals surface area (Å²) in [6.07, 6.45) is -4.69. The molecule has 1 heterocycles. The maximum Gasteiger partial charge on any atom is 0.435 e. The van der Waals surface area contributed by atoms with Gasteiger partial charge in [-0.05, 0) is 36.4 Å². The van der Waals surface area contributed by atoms with Crippen molar-refractivity contribution >= 4 is 11.6 Å². The van der Waals surface area contributed by atoms with Crippen LogP contribution >= 0.6 is 0 Å². The maximum atomic E-state index is 13.0. The third-order valence-electron chi connectivity index (χ3n) is 3.34. The summed E-state index contributed by atoms with van der Waals surface area (Å²) in [4.78, 5) is 12.4. The largest absolute Gasteiger partial charge is 0.435 e. The zero-order valence-electron chi connectivity index (χ0n) is 12.6. The van der Waals surface area contributed by atoms with Crippen LogP contribution in [-0.2, 0) is 6.18 Å². The molecule has 128 valence electrons. The molecule has 0 aliphatic rings. The fraction of sp³-hybridized carbons (Fsp3) is 0.0588. The summed E-state index contributed by atoms with van der Waals surface area (Å²) in [6, 6.07) is 13.5. The van der Waals surface area contributed by atoms with Crippen LogP contribution < -0.4 is 5.32 Å². The maximum absolute atomic E-state index is 13.0. The zero-order valence-corrected chi connectivity index (χ0v) is 12.6. The van der Waals surface area contributed by atoms with Gasteiger partial charge in [0.1, 0.15) is 11.5 Å². The van der Waals surface area contributed by atoms with Crippen LogP contribution in [0, 0.1) is 5.82 Å². The van der Waals surface area contributed by atoms with E-state index in [1.54, 1.807) is 18.2 Å². The summed E-state index contributed by atoms with van der Waals surface area (Å²) in [5.74, 6) is -1.29. The highest BCUT2D eigenvalue weighted by molar-refractivity contribution is 6.03. The number of carbonyl (C=O) groups excluding carboxylic acids is 1. The van der Waals surface area contributed by atoms with Gasteiger partial charge in [-0.3, -0.25) is 4.79 Å². The summed E-state index contributed by atoms with van der Waals surface area (Å²) in [5.41, 5.74) is -0.911. The summed E-state index contributed by atoms with van der Waals surface area (Å²) in [5, 5.41) is 5.93. The number of para-hydroxylation sites is 1. The van der Waals surface area contributed by atoms with E-state index in [1.807, 2.05) is 0 Å². The molecule has 0 aliphatic heterocycles. The number of hydrogen-bond acceptors (Lipinski definition) is 2. The van der Waals surface area contributed by atoms with E-state index in [1.165, 1.54) is 24.3 Å². The van der Waals surface area contributed by atoms with Crippen molar-refractivity contribution in [3.63, 3.8) is 0 Å². The van der Waals surface area contributed by atoms with Crippen LogP contribution in [0.3, 0.4) is 0 Å². The van der Waals surface area contributed by atoms with E-state index in [2.05, 4.69) is 10.4 Å². The van der Waals surface area contributed by atoms with Gasteiger partial charge in [0, 0.05) is 11.8 Å². The molecule has 1 aromatic heterocycles. The van der Waals surface area contributed by atoms with Crippen LogP contribution in [0.1, 0.15) is 16.2 Å². The Balaban J connectivity index is 2.00. The molecule has 0 saturated carbocycles. The van der Waals surface area contributed by atoms with E-state index < -0.39 is 23.6 Å². The molecule has 1 amide bonds. The van der Waals surface area contributed by atoms with Gasteiger partial charge < -0.3 is 5.32 Å². The Morgan fingerprint density at radius 1 is 1.00 bits per heavy atom. The first kappa shape index (κ1) is 16.7. The van der Waals surface area contributed by atoms with Crippen LogP contribution in [0.5, 0.6) is 0 Å². The molecule has 2 aromatic carbocycles. The Morgan fingerprint density at radius 2 is 1.64 bits per heavy atom. The summed E-state index contributed by atoms with van der Waals surface area (Å²) in [6.45, 7) is 0. The fourth-order valence-electron chi connectivity index (χ4n) is 2.18. The molecular formula is C17H11F4N3O. The minimum atomic E-state index is -4.69. The molecule has 3 aromatic rings. The van der Waals surface area contributed by atoms with Crippen molar-refractivity contribution in [2.75, 3.05) is 5.32 Å². The van der Waals surface area contributed by atoms with Crippen molar-refractivity contribution in [2.45, 2.75) is 6.18 Å². The molecule has 0 saturated heterocycles. The second-order valence-electron chi connectivity index (χ2n) is 5.12. The molecular weight excluding hydrogens is 338 g/mol. The van der Waals surface area contributed by atoms with Gasteiger partial charge in [0.15, 0.2) is 5.69 Å². The molecule has 0 fully saturated rings. The van der Waals surface area contributed by atoms with Crippen LogP contribution in [0.25, 0.3) is 5.69 Å². The number of carbonyl (C=O) groups is 1. The Morgan fingerprint density at radius 3 is 2.24 bits per heavy atom. The lowest BCUT2D eigenvalue weighted by atomic mass is 10.2. The van der Waals surface area contributed by atoms with Gasteiger partial charge >= 0.3 is 6.18 Å². The number of halogens is 4. The summed E-state index contributed by atoms with van der Waals surface area (Å²) < 4.78 is 52.8. The lowest BCUT2D eigenvalue weighted by Gasteiger charge is -2.08. The van der Waals surface area contributed by atoms with Crippen molar-refractivity contribution in [2.24, 2.45) is 0 Å². The number of aromatic nitrogens is 2. The first-order valence-electron chi connectivity index (χ1n) is 7.14. The third-order valence-corrected chi connectivity index (χ3v) is 3.34. The van der Waals surface area contributed by atoms with Crippen LogP contribution in [0.15, 0.2) is 60.7 Å². The molecule has 3 rings (SSSR count). The van der Waals surface area contributed by atoms with E-state index in [9.17, 15) is 22.4 Å². The average Bonchev–Trinajstić information content (AvgIpc) is 3.03. The Bertz CT molecular complexity index is 887. The number of hydrogen-bond donors (Lipinski definition) is 1. The standard InChI is InChI=1S/C17H11F4N3O/c18-11-6-8-12(9-7-11)22-16(25)14-10-15(17(19,20)21)23-24(14)13-4-2-1-3-5-13/h1-10H,(H,22,25). The summed E-state index contributed by atoms with van der Waals surface area (Å²) >= 11 is 0. The molecule has 0 bridgehead atoms. The minimum absolute atomic E-state index is 0.251. The minimum Gasteiger partial charge on any atom is -0.321 e.